The monoisotopic (exact) mass is 534 g/mol. The number of aryl methyl sites for hydroxylation is 1. The van der Waals surface area contributed by atoms with E-state index in [4.69, 9.17) is 4.99 Å². The summed E-state index contributed by atoms with van der Waals surface area (Å²) >= 11 is 0. The second-order valence-electron chi connectivity index (χ2n) is 8.08. The van der Waals surface area contributed by atoms with Gasteiger partial charge < -0.3 is 15.5 Å². The molecule has 1 amide bonds. The van der Waals surface area contributed by atoms with Crippen molar-refractivity contribution in [3.63, 3.8) is 0 Å². The van der Waals surface area contributed by atoms with E-state index in [1.165, 1.54) is 22.3 Å². The highest BCUT2D eigenvalue weighted by atomic mass is 127. The zero-order valence-corrected chi connectivity index (χ0v) is 21.2. The SMILES string of the molecule is CCNC(=NCC(C)c1cccc(C)c1)NCCCC(=O)N1Cc2ccccc2C1.I. The first kappa shape index (κ1) is 25.2. The van der Waals surface area contributed by atoms with Crippen LogP contribution in [-0.2, 0) is 17.9 Å². The maximum Gasteiger partial charge on any atom is 0.223 e. The van der Waals surface area contributed by atoms with E-state index in [0.717, 1.165) is 45.1 Å². The Morgan fingerprint density at radius 2 is 1.81 bits per heavy atom. The van der Waals surface area contributed by atoms with Gasteiger partial charge in [-0.15, -0.1) is 24.0 Å². The molecule has 31 heavy (non-hydrogen) atoms. The maximum atomic E-state index is 12.5. The van der Waals surface area contributed by atoms with Crippen LogP contribution in [0.4, 0.5) is 0 Å². The minimum atomic E-state index is 0. The molecule has 0 bridgehead atoms. The van der Waals surface area contributed by atoms with Gasteiger partial charge in [0.2, 0.25) is 5.91 Å². The highest BCUT2D eigenvalue weighted by Gasteiger charge is 2.22. The lowest BCUT2D eigenvalue weighted by molar-refractivity contribution is -0.131. The van der Waals surface area contributed by atoms with Crippen molar-refractivity contribution in [2.75, 3.05) is 19.6 Å². The first-order valence-corrected chi connectivity index (χ1v) is 11.0. The van der Waals surface area contributed by atoms with E-state index in [0.29, 0.717) is 12.3 Å². The van der Waals surface area contributed by atoms with Gasteiger partial charge in [-0.25, -0.2) is 0 Å². The molecular weight excluding hydrogens is 499 g/mol. The first-order valence-electron chi connectivity index (χ1n) is 11.0. The van der Waals surface area contributed by atoms with E-state index in [2.05, 4.69) is 67.8 Å². The largest absolute Gasteiger partial charge is 0.357 e. The summed E-state index contributed by atoms with van der Waals surface area (Å²) in [4.78, 5) is 19.2. The molecule has 1 unspecified atom stereocenters. The predicted octanol–water partition coefficient (Wildman–Crippen LogP) is 4.59. The summed E-state index contributed by atoms with van der Waals surface area (Å²) < 4.78 is 0. The molecule has 0 aliphatic carbocycles. The number of hydrogen-bond acceptors (Lipinski definition) is 2. The van der Waals surface area contributed by atoms with E-state index >= 15 is 0 Å². The molecule has 2 aromatic rings. The quantitative estimate of drug-likeness (QED) is 0.226. The molecule has 2 N–H and O–H groups in total. The van der Waals surface area contributed by atoms with Crippen LogP contribution in [0.1, 0.15) is 54.9 Å². The Morgan fingerprint density at radius 3 is 2.45 bits per heavy atom. The fourth-order valence-electron chi connectivity index (χ4n) is 3.77. The zero-order valence-electron chi connectivity index (χ0n) is 18.9. The lowest BCUT2D eigenvalue weighted by Gasteiger charge is -2.16. The van der Waals surface area contributed by atoms with Crippen LogP contribution in [0.5, 0.6) is 0 Å². The van der Waals surface area contributed by atoms with Crippen LogP contribution < -0.4 is 10.6 Å². The van der Waals surface area contributed by atoms with E-state index in [1.807, 2.05) is 17.0 Å². The first-order chi connectivity index (χ1) is 14.6. The maximum absolute atomic E-state index is 12.5. The fourth-order valence-corrected chi connectivity index (χ4v) is 3.77. The fraction of sp³-hybridized carbons (Fsp3) is 0.440. The molecule has 1 aliphatic rings. The summed E-state index contributed by atoms with van der Waals surface area (Å²) in [5, 5.41) is 6.67. The van der Waals surface area contributed by atoms with Gasteiger partial charge in [-0.05, 0) is 37.0 Å². The van der Waals surface area contributed by atoms with Crippen molar-refractivity contribution in [3.8, 4) is 0 Å². The van der Waals surface area contributed by atoms with Crippen molar-refractivity contribution in [3.05, 3.63) is 70.8 Å². The third-order valence-corrected chi connectivity index (χ3v) is 5.53. The van der Waals surface area contributed by atoms with Gasteiger partial charge in [-0.3, -0.25) is 9.79 Å². The summed E-state index contributed by atoms with van der Waals surface area (Å²) in [7, 11) is 0. The van der Waals surface area contributed by atoms with Crippen molar-refractivity contribution in [2.24, 2.45) is 4.99 Å². The number of carbonyl (C=O) groups excluding carboxylic acids is 1. The van der Waals surface area contributed by atoms with Gasteiger partial charge in [-0.2, -0.15) is 0 Å². The van der Waals surface area contributed by atoms with Gasteiger partial charge in [0, 0.05) is 45.1 Å². The number of benzene rings is 2. The molecule has 0 radical (unpaired) electrons. The van der Waals surface area contributed by atoms with Crippen molar-refractivity contribution >= 4 is 35.8 Å². The smallest absolute Gasteiger partial charge is 0.223 e. The Labute approximate surface area is 203 Å². The molecule has 1 heterocycles. The number of nitrogens with zero attached hydrogens (tertiary/aromatic N) is 2. The van der Waals surface area contributed by atoms with Gasteiger partial charge in [-0.1, -0.05) is 61.0 Å². The molecule has 3 rings (SSSR count). The minimum absolute atomic E-state index is 0. The molecule has 5 nitrogen and oxygen atoms in total. The highest BCUT2D eigenvalue weighted by molar-refractivity contribution is 14.0. The standard InChI is InChI=1S/C25H34N4O.HI/c1-4-26-25(28-16-20(3)21-12-7-9-19(2)15-21)27-14-8-13-24(30)29-17-22-10-5-6-11-23(22)18-29;/h5-7,9-12,15,20H,4,8,13-14,16-18H2,1-3H3,(H2,26,27,28);1H. The van der Waals surface area contributed by atoms with Crippen LogP contribution >= 0.6 is 24.0 Å². The number of guanidine groups is 1. The molecule has 6 heteroatoms. The molecule has 2 aromatic carbocycles. The van der Waals surface area contributed by atoms with E-state index in [1.54, 1.807) is 0 Å². The third-order valence-electron chi connectivity index (χ3n) is 5.53. The Hall–Kier alpha value is -2.09. The molecule has 1 atom stereocenters. The minimum Gasteiger partial charge on any atom is -0.357 e. The number of aliphatic imine (C=N–C) groups is 1. The number of carbonyl (C=O) groups is 1. The molecule has 0 aromatic heterocycles. The van der Waals surface area contributed by atoms with Crippen molar-refractivity contribution in [1.29, 1.82) is 0 Å². The summed E-state index contributed by atoms with van der Waals surface area (Å²) in [6, 6.07) is 16.9. The zero-order chi connectivity index (χ0) is 21.3. The number of hydrogen-bond donors (Lipinski definition) is 2. The Morgan fingerprint density at radius 1 is 1.10 bits per heavy atom. The lowest BCUT2D eigenvalue weighted by Crippen LogP contribution is -2.38. The van der Waals surface area contributed by atoms with E-state index < -0.39 is 0 Å². The van der Waals surface area contributed by atoms with Gasteiger partial charge >= 0.3 is 0 Å². The van der Waals surface area contributed by atoms with E-state index in [-0.39, 0.29) is 29.9 Å². The number of nitrogens with one attached hydrogen (secondary N) is 2. The van der Waals surface area contributed by atoms with Crippen molar-refractivity contribution in [1.82, 2.24) is 15.5 Å². The summed E-state index contributed by atoms with van der Waals surface area (Å²) in [5.74, 6) is 1.40. The second kappa shape index (κ2) is 12.7. The Balaban J connectivity index is 0.00000341. The van der Waals surface area contributed by atoms with Crippen LogP contribution in [0.15, 0.2) is 53.5 Å². The average molecular weight is 534 g/mol. The molecule has 168 valence electrons. The number of amides is 1. The summed E-state index contributed by atoms with van der Waals surface area (Å²) in [5.41, 5.74) is 5.13. The normalized spacial score (nSPS) is 13.9. The van der Waals surface area contributed by atoms with Crippen LogP contribution in [0.2, 0.25) is 0 Å². The van der Waals surface area contributed by atoms with Gasteiger partial charge in [0.1, 0.15) is 0 Å². The highest BCUT2D eigenvalue weighted by Crippen LogP contribution is 2.22. The summed E-state index contributed by atoms with van der Waals surface area (Å²) in [6.45, 7) is 10.1. The lowest BCUT2D eigenvalue weighted by atomic mass is 10.00. The molecule has 0 saturated carbocycles. The Kier molecular flexibility index (Phi) is 10.3. The number of halogens is 1. The van der Waals surface area contributed by atoms with Gasteiger partial charge in [0.15, 0.2) is 5.96 Å². The molecule has 1 aliphatic heterocycles. The number of rotatable bonds is 8. The van der Waals surface area contributed by atoms with E-state index in [9.17, 15) is 4.79 Å². The average Bonchev–Trinajstić information content (AvgIpc) is 3.19. The van der Waals surface area contributed by atoms with Crippen molar-refractivity contribution in [2.45, 2.75) is 52.6 Å². The molecule has 0 spiro atoms. The predicted molar refractivity (Wildman–Crippen MR) is 139 cm³/mol. The van der Waals surface area contributed by atoms with Gasteiger partial charge in [0.05, 0.1) is 0 Å². The second-order valence-corrected chi connectivity index (χ2v) is 8.08. The molecule has 0 saturated heterocycles. The molecule has 0 fully saturated rings. The molecular formula is C25H35IN4O. The topological polar surface area (TPSA) is 56.7 Å². The third kappa shape index (κ3) is 7.52. The van der Waals surface area contributed by atoms with Crippen molar-refractivity contribution < 1.29 is 4.79 Å². The van der Waals surface area contributed by atoms with Crippen LogP contribution in [-0.4, -0.2) is 36.4 Å². The van der Waals surface area contributed by atoms with Crippen LogP contribution in [0.3, 0.4) is 0 Å². The van der Waals surface area contributed by atoms with Crippen LogP contribution in [0.25, 0.3) is 0 Å². The summed E-state index contributed by atoms with van der Waals surface area (Å²) in [6.07, 6.45) is 1.35. The number of fused-ring (bicyclic) bond motifs is 1. The van der Waals surface area contributed by atoms with Crippen LogP contribution in [0, 0.1) is 6.92 Å². The van der Waals surface area contributed by atoms with Gasteiger partial charge in [0.25, 0.3) is 0 Å². The Bertz CT molecular complexity index is 858.